The number of carboxylic acid groups (broad SMARTS) is 1. The van der Waals surface area contributed by atoms with E-state index in [4.69, 9.17) is 18.9 Å². The van der Waals surface area contributed by atoms with Crippen LogP contribution in [-0.2, 0) is 4.79 Å². The van der Waals surface area contributed by atoms with Crippen LogP contribution in [0.3, 0.4) is 0 Å². The van der Waals surface area contributed by atoms with Crippen LogP contribution in [0, 0.1) is 0 Å². The van der Waals surface area contributed by atoms with Crippen LogP contribution in [-0.4, -0.2) is 32.4 Å². The monoisotopic (exact) mass is 330 g/mol. The number of hydrogen-bond donors (Lipinski definition) is 1. The molecule has 1 N–H and O–H groups in total. The van der Waals surface area contributed by atoms with Gasteiger partial charge in [0.2, 0.25) is 11.5 Å². The van der Waals surface area contributed by atoms with Crippen molar-refractivity contribution in [1.82, 2.24) is 0 Å². The molecule has 0 saturated carbocycles. The average Bonchev–Trinajstić information content (AvgIpc) is 2.60. The van der Waals surface area contributed by atoms with Gasteiger partial charge in [-0.2, -0.15) is 0 Å². The van der Waals surface area contributed by atoms with Gasteiger partial charge in [-0.05, 0) is 35.9 Å². The molecule has 0 aromatic heterocycles. The number of aliphatic carboxylic acids is 1. The van der Waals surface area contributed by atoms with Crippen LogP contribution in [0.15, 0.2) is 48.2 Å². The summed E-state index contributed by atoms with van der Waals surface area (Å²) in [5, 5.41) is 9.37. The van der Waals surface area contributed by atoms with Gasteiger partial charge in [-0.3, -0.25) is 0 Å². The second kappa shape index (κ2) is 7.92. The maximum Gasteiger partial charge on any atom is 0.371 e. The minimum Gasteiger partial charge on any atom is -0.493 e. The summed E-state index contributed by atoms with van der Waals surface area (Å²) in [5.41, 5.74) is 0.540. The quantitative estimate of drug-likeness (QED) is 0.621. The van der Waals surface area contributed by atoms with Crippen molar-refractivity contribution in [3.63, 3.8) is 0 Å². The molecule has 0 aliphatic rings. The highest BCUT2D eigenvalue weighted by atomic mass is 16.5. The molecule has 6 nitrogen and oxygen atoms in total. The first-order valence-electron chi connectivity index (χ1n) is 7.07. The van der Waals surface area contributed by atoms with E-state index in [0.29, 0.717) is 28.6 Å². The number of carbonyl (C=O) groups is 1. The molecule has 0 unspecified atom stereocenters. The van der Waals surface area contributed by atoms with Crippen LogP contribution >= 0.6 is 0 Å². The van der Waals surface area contributed by atoms with Crippen LogP contribution in [0.5, 0.6) is 23.0 Å². The zero-order valence-electron chi connectivity index (χ0n) is 13.6. The SMILES string of the molecule is COc1cc(C=C(Oc2ccccc2)C(=O)O)cc(OC)c1OC. The van der Waals surface area contributed by atoms with Crippen LogP contribution in [0.25, 0.3) is 6.08 Å². The Morgan fingerprint density at radius 1 is 0.958 bits per heavy atom. The Morgan fingerprint density at radius 3 is 2.00 bits per heavy atom. The molecular weight excluding hydrogens is 312 g/mol. The van der Waals surface area contributed by atoms with Crippen LogP contribution in [0.1, 0.15) is 5.56 Å². The van der Waals surface area contributed by atoms with Crippen molar-refractivity contribution in [2.45, 2.75) is 0 Å². The summed E-state index contributed by atoms with van der Waals surface area (Å²) in [6, 6.07) is 12.0. The summed E-state index contributed by atoms with van der Waals surface area (Å²) in [7, 11) is 4.48. The third-order valence-electron chi connectivity index (χ3n) is 3.17. The van der Waals surface area contributed by atoms with E-state index in [1.165, 1.54) is 27.4 Å². The van der Waals surface area contributed by atoms with Gasteiger partial charge in [0.25, 0.3) is 0 Å². The van der Waals surface area contributed by atoms with Crippen molar-refractivity contribution >= 4 is 12.0 Å². The van der Waals surface area contributed by atoms with Gasteiger partial charge in [0.05, 0.1) is 21.3 Å². The molecule has 6 heteroatoms. The van der Waals surface area contributed by atoms with Crippen molar-refractivity contribution in [3.8, 4) is 23.0 Å². The Bertz CT molecular complexity index is 711. The normalized spacial score (nSPS) is 10.9. The number of methoxy groups -OCH3 is 3. The average molecular weight is 330 g/mol. The van der Waals surface area contributed by atoms with Gasteiger partial charge in [-0.15, -0.1) is 0 Å². The van der Waals surface area contributed by atoms with E-state index < -0.39 is 5.97 Å². The second-order valence-electron chi connectivity index (χ2n) is 4.69. The van der Waals surface area contributed by atoms with E-state index in [-0.39, 0.29) is 5.76 Å². The molecule has 0 saturated heterocycles. The lowest BCUT2D eigenvalue weighted by Crippen LogP contribution is -2.07. The van der Waals surface area contributed by atoms with Crippen LogP contribution in [0.2, 0.25) is 0 Å². The van der Waals surface area contributed by atoms with Gasteiger partial charge in [-0.25, -0.2) is 4.79 Å². The highest BCUT2D eigenvalue weighted by Gasteiger charge is 2.15. The number of rotatable bonds is 7. The van der Waals surface area contributed by atoms with E-state index in [9.17, 15) is 9.90 Å². The Balaban J connectivity index is 2.43. The first-order valence-corrected chi connectivity index (χ1v) is 7.07. The summed E-state index contributed by atoms with van der Waals surface area (Å²) >= 11 is 0. The fourth-order valence-electron chi connectivity index (χ4n) is 2.09. The van der Waals surface area contributed by atoms with Gasteiger partial charge in [0.1, 0.15) is 5.75 Å². The highest BCUT2D eigenvalue weighted by Crippen LogP contribution is 2.38. The fourth-order valence-corrected chi connectivity index (χ4v) is 2.09. The van der Waals surface area contributed by atoms with Crippen molar-refractivity contribution in [3.05, 3.63) is 53.8 Å². The van der Waals surface area contributed by atoms with Gasteiger partial charge in [0.15, 0.2) is 11.5 Å². The van der Waals surface area contributed by atoms with Gasteiger partial charge < -0.3 is 24.1 Å². The second-order valence-corrected chi connectivity index (χ2v) is 4.69. The Kier molecular flexibility index (Phi) is 5.68. The molecule has 2 rings (SSSR count). The number of hydrogen-bond acceptors (Lipinski definition) is 5. The molecule has 0 bridgehead atoms. The largest absolute Gasteiger partial charge is 0.493 e. The fraction of sp³-hybridized carbons (Fsp3) is 0.167. The first kappa shape index (κ1) is 17.2. The van der Waals surface area contributed by atoms with Crippen molar-refractivity contribution in [2.75, 3.05) is 21.3 Å². The molecule has 0 spiro atoms. The topological polar surface area (TPSA) is 74.2 Å². The maximum absolute atomic E-state index is 11.5. The smallest absolute Gasteiger partial charge is 0.371 e. The minimum atomic E-state index is -1.19. The van der Waals surface area contributed by atoms with E-state index in [2.05, 4.69) is 0 Å². The molecule has 0 atom stereocenters. The number of para-hydroxylation sites is 1. The van der Waals surface area contributed by atoms with Gasteiger partial charge >= 0.3 is 5.97 Å². The van der Waals surface area contributed by atoms with Crippen molar-refractivity contribution < 1.29 is 28.8 Å². The minimum absolute atomic E-state index is 0.226. The zero-order valence-corrected chi connectivity index (χ0v) is 13.6. The molecule has 0 fully saturated rings. The lowest BCUT2D eigenvalue weighted by molar-refractivity contribution is -0.134. The standard InChI is InChI=1S/C18H18O6/c1-21-14-9-12(10-15(22-2)17(14)23-3)11-16(18(19)20)24-13-7-5-4-6-8-13/h4-11H,1-3H3,(H,19,20). The van der Waals surface area contributed by atoms with Gasteiger partial charge in [0, 0.05) is 0 Å². The summed E-state index contributed by atoms with van der Waals surface area (Å²) in [6.07, 6.45) is 1.39. The summed E-state index contributed by atoms with van der Waals surface area (Å²) in [5.74, 6) is 0.291. The van der Waals surface area contributed by atoms with E-state index in [1.807, 2.05) is 6.07 Å². The number of carboxylic acids is 1. The molecule has 24 heavy (non-hydrogen) atoms. The predicted octanol–water partition coefficient (Wildman–Crippen LogP) is 3.22. The van der Waals surface area contributed by atoms with E-state index in [0.717, 1.165) is 0 Å². The molecule has 0 aliphatic heterocycles. The number of benzene rings is 2. The van der Waals surface area contributed by atoms with E-state index in [1.54, 1.807) is 36.4 Å². The Labute approximate surface area is 139 Å². The highest BCUT2D eigenvalue weighted by molar-refractivity contribution is 5.90. The van der Waals surface area contributed by atoms with Crippen LogP contribution in [0.4, 0.5) is 0 Å². The lowest BCUT2D eigenvalue weighted by atomic mass is 10.1. The summed E-state index contributed by atoms with van der Waals surface area (Å²) in [6.45, 7) is 0. The predicted molar refractivity (Wildman–Crippen MR) is 88.8 cm³/mol. The maximum atomic E-state index is 11.5. The third-order valence-corrected chi connectivity index (χ3v) is 3.17. The molecule has 2 aromatic carbocycles. The molecule has 2 aromatic rings. The molecule has 0 radical (unpaired) electrons. The molecule has 0 aliphatic carbocycles. The van der Waals surface area contributed by atoms with Gasteiger partial charge in [-0.1, -0.05) is 18.2 Å². The Hall–Kier alpha value is -3.15. The van der Waals surface area contributed by atoms with Crippen LogP contribution < -0.4 is 18.9 Å². The molecular formula is C18H18O6. The third kappa shape index (κ3) is 3.98. The molecule has 0 heterocycles. The zero-order chi connectivity index (χ0) is 17.5. The first-order chi connectivity index (χ1) is 11.6. The number of ether oxygens (including phenoxy) is 4. The Morgan fingerprint density at radius 2 is 1.54 bits per heavy atom. The van der Waals surface area contributed by atoms with E-state index >= 15 is 0 Å². The molecule has 126 valence electrons. The summed E-state index contributed by atoms with van der Waals surface area (Å²) in [4.78, 5) is 11.5. The molecule has 0 amide bonds. The summed E-state index contributed by atoms with van der Waals surface area (Å²) < 4.78 is 21.2. The van der Waals surface area contributed by atoms with Crippen molar-refractivity contribution in [1.29, 1.82) is 0 Å². The lowest BCUT2D eigenvalue weighted by Gasteiger charge is -2.13. The van der Waals surface area contributed by atoms with Crippen molar-refractivity contribution in [2.24, 2.45) is 0 Å².